The lowest BCUT2D eigenvalue weighted by molar-refractivity contribution is 0.619. The van der Waals surface area contributed by atoms with E-state index in [0.29, 0.717) is 0 Å². The van der Waals surface area contributed by atoms with Gasteiger partial charge in [0, 0.05) is 15.4 Å². The molecule has 1 aromatic heterocycles. The third kappa shape index (κ3) is 3.06. The van der Waals surface area contributed by atoms with E-state index < -0.39 is 0 Å². The molecule has 0 saturated carbocycles. The third-order valence-electron chi connectivity index (χ3n) is 5.81. The van der Waals surface area contributed by atoms with Crippen LogP contribution >= 0.6 is 15.9 Å². The van der Waals surface area contributed by atoms with Crippen molar-refractivity contribution in [1.82, 2.24) is 4.98 Å². The van der Waals surface area contributed by atoms with Gasteiger partial charge < -0.3 is 0 Å². The Morgan fingerprint density at radius 3 is 2.26 bits per heavy atom. The first-order chi connectivity index (χ1) is 13.3. The van der Waals surface area contributed by atoms with E-state index in [1.165, 1.54) is 64.2 Å². The molecule has 2 heteroatoms. The summed E-state index contributed by atoms with van der Waals surface area (Å²) >= 11 is 3.56. The number of rotatable bonds is 1. The van der Waals surface area contributed by atoms with E-state index in [9.17, 15) is 0 Å². The summed E-state index contributed by atoms with van der Waals surface area (Å²) < 4.78 is 1.11. The first kappa shape index (κ1) is 16.9. The summed E-state index contributed by atoms with van der Waals surface area (Å²) in [5, 5.41) is 4.04. The van der Waals surface area contributed by atoms with Gasteiger partial charge in [-0.2, -0.15) is 0 Å². The van der Waals surface area contributed by atoms with Crippen molar-refractivity contribution < 1.29 is 0 Å². The predicted molar refractivity (Wildman–Crippen MR) is 118 cm³/mol. The molecule has 0 N–H and O–H groups in total. The predicted octanol–water partition coefficient (Wildman–Crippen LogP) is 7.48. The molecule has 1 nitrogen and oxygen atoms in total. The van der Waals surface area contributed by atoms with Crippen molar-refractivity contribution in [3.8, 4) is 11.3 Å². The van der Waals surface area contributed by atoms with Crippen molar-refractivity contribution in [2.45, 2.75) is 38.5 Å². The largest absolute Gasteiger partial charge is 0.247 e. The molecule has 27 heavy (non-hydrogen) atoms. The fourth-order valence-corrected chi connectivity index (χ4v) is 4.77. The summed E-state index contributed by atoms with van der Waals surface area (Å²) in [4.78, 5) is 5.20. The lowest BCUT2D eigenvalue weighted by Crippen LogP contribution is -2.06. The number of halogens is 1. The van der Waals surface area contributed by atoms with E-state index in [4.69, 9.17) is 4.98 Å². The van der Waals surface area contributed by atoms with E-state index in [0.717, 1.165) is 22.8 Å². The highest BCUT2D eigenvalue weighted by molar-refractivity contribution is 9.10. The number of hydrogen-bond acceptors (Lipinski definition) is 1. The van der Waals surface area contributed by atoms with E-state index in [-0.39, 0.29) is 0 Å². The smallest absolute Gasteiger partial charge is 0.0744 e. The Bertz CT molecular complexity index is 1130. The van der Waals surface area contributed by atoms with Gasteiger partial charge in [0.05, 0.1) is 11.2 Å². The average molecular weight is 416 g/mol. The minimum absolute atomic E-state index is 1.11. The maximum absolute atomic E-state index is 5.20. The number of fused-ring (bicyclic) bond motifs is 5. The van der Waals surface area contributed by atoms with Crippen molar-refractivity contribution in [3.63, 3.8) is 0 Å². The van der Waals surface area contributed by atoms with Crippen LogP contribution in [0.25, 0.3) is 32.9 Å². The fraction of sp³-hybridized carbons (Fsp3) is 0.240. The average Bonchev–Trinajstić information content (AvgIpc) is 2.68. The zero-order chi connectivity index (χ0) is 18.2. The van der Waals surface area contributed by atoms with Crippen molar-refractivity contribution in [2.75, 3.05) is 0 Å². The summed E-state index contributed by atoms with van der Waals surface area (Å²) in [7, 11) is 0. The van der Waals surface area contributed by atoms with Crippen LogP contribution in [0.15, 0.2) is 65.1 Å². The molecule has 5 rings (SSSR count). The number of nitrogens with zero attached hydrogens (tertiary/aromatic N) is 1. The second-order valence-electron chi connectivity index (χ2n) is 7.52. The number of hydrogen-bond donors (Lipinski definition) is 0. The zero-order valence-corrected chi connectivity index (χ0v) is 16.9. The van der Waals surface area contributed by atoms with E-state index >= 15 is 0 Å². The minimum Gasteiger partial charge on any atom is -0.247 e. The van der Waals surface area contributed by atoms with E-state index in [1.807, 2.05) is 0 Å². The molecule has 0 amide bonds. The molecule has 0 aliphatic heterocycles. The molecule has 1 heterocycles. The molecule has 3 aromatic carbocycles. The van der Waals surface area contributed by atoms with Gasteiger partial charge in [0.1, 0.15) is 0 Å². The SMILES string of the molecule is Brc1ccc(-c2nc3ccc4ccccc4c3c3c2CCCCCC3)cc1. The molecular weight excluding hydrogens is 394 g/mol. The molecule has 0 spiro atoms. The fourth-order valence-electron chi connectivity index (χ4n) is 4.50. The lowest BCUT2D eigenvalue weighted by Gasteiger charge is -2.21. The second-order valence-corrected chi connectivity index (χ2v) is 8.44. The van der Waals surface area contributed by atoms with Gasteiger partial charge in [0.2, 0.25) is 0 Å². The van der Waals surface area contributed by atoms with Crippen LogP contribution in [0.4, 0.5) is 0 Å². The van der Waals surface area contributed by atoms with Crippen LogP contribution in [0.5, 0.6) is 0 Å². The molecular formula is C25H22BrN. The van der Waals surface area contributed by atoms with Crippen LogP contribution < -0.4 is 0 Å². The highest BCUT2D eigenvalue weighted by atomic mass is 79.9. The molecule has 0 atom stereocenters. The first-order valence-electron chi connectivity index (χ1n) is 9.90. The third-order valence-corrected chi connectivity index (χ3v) is 6.34. The zero-order valence-electron chi connectivity index (χ0n) is 15.3. The number of aryl methyl sites for hydroxylation is 1. The van der Waals surface area contributed by atoms with E-state index in [2.05, 4.69) is 76.6 Å². The number of aromatic nitrogens is 1. The Labute approximate surface area is 168 Å². The molecule has 0 saturated heterocycles. The Hall–Kier alpha value is -2.19. The van der Waals surface area contributed by atoms with Crippen molar-refractivity contribution in [1.29, 1.82) is 0 Å². The summed E-state index contributed by atoms with van der Waals surface area (Å²) in [6.07, 6.45) is 7.48. The van der Waals surface area contributed by atoms with Crippen LogP contribution in [-0.4, -0.2) is 4.98 Å². The number of benzene rings is 3. The van der Waals surface area contributed by atoms with Gasteiger partial charge >= 0.3 is 0 Å². The topological polar surface area (TPSA) is 12.9 Å². The summed E-state index contributed by atoms with van der Waals surface area (Å²) in [6.45, 7) is 0. The molecule has 4 aromatic rings. The molecule has 0 radical (unpaired) electrons. The van der Waals surface area contributed by atoms with Crippen molar-refractivity contribution in [2.24, 2.45) is 0 Å². The molecule has 0 bridgehead atoms. The van der Waals surface area contributed by atoms with Crippen molar-refractivity contribution >= 4 is 37.6 Å². The summed E-state index contributed by atoms with van der Waals surface area (Å²) in [6, 6.07) is 21.8. The van der Waals surface area contributed by atoms with Crippen LogP contribution in [-0.2, 0) is 12.8 Å². The Balaban J connectivity index is 1.87. The van der Waals surface area contributed by atoms with Gasteiger partial charge in [-0.25, -0.2) is 4.98 Å². The standard InChI is InChI=1S/C25H22BrN/c26-19-14-11-18(12-15-19)25-22-10-4-2-1-3-9-21(22)24-20-8-6-5-7-17(20)13-16-23(24)27-25/h5-8,11-16H,1-4,9-10H2. The van der Waals surface area contributed by atoms with Crippen LogP contribution in [0.2, 0.25) is 0 Å². The summed E-state index contributed by atoms with van der Waals surface area (Å²) in [5.74, 6) is 0. The second kappa shape index (κ2) is 7.09. The van der Waals surface area contributed by atoms with Crippen LogP contribution in [0, 0.1) is 0 Å². The maximum atomic E-state index is 5.20. The highest BCUT2D eigenvalue weighted by Gasteiger charge is 2.19. The van der Waals surface area contributed by atoms with Gasteiger partial charge in [0.25, 0.3) is 0 Å². The molecule has 1 aliphatic carbocycles. The minimum atomic E-state index is 1.11. The maximum Gasteiger partial charge on any atom is 0.0744 e. The van der Waals surface area contributed by atoms with Gasteiger partial charge in [-0.1, -0.05) is 71.2 Å². The Kier molecular flexibility index (Phi) is 4.45. The molecule has 0 unspecified atom stereocenters. The van der Waals surface area contributed by atoms with Gasteiger partial charge in [-0.3, -0.25) is 0 Å². The summed E-state index contributed by atoms with van der Waals surface area (Å²) in [5.41, 5.74) is 6.55. The number of pyridine rings is 1. The van der Waals surface area contributed by atoms with Gasteiger partial charge in [-0.15, -0.1) is 0 Å². The quantitative estimate of drug-likeness (QED) is 0.293. The normalized spacial score (nSPS) is 14.7. The molecule has 0 fully saturated rings. The van der Waals surface area contributed by atoms with Crippen LogP contribution in [0.1, 0.15) is 36.8 Å². The monoisotopic (exact) mass is 415 g/mol. The highest BCUT2D eigenvalue weighted by Crippen LogP contribution is 2.37. The van der Waals surface area contributed by atoms with Gasteiger partial charge in [0.15, 0.2) is 0 Å². The van der Waals surface area contributed by atoms with Crippen LogP contribution in [0.3, 0.4) is 0 Å². The molecule has 134 valence electrons. The first-order valence-corrected chi connectivity index (χ1v) is 10.7. The lowest BCUT2D eigenvalue weighted by atomic mass is 9.86. The van der Waals surface area contributed by atoms with Crippen molar-refractivity contribution in [3.05, 3.63) is 76.3 Å². The molecule has 1 aliphatic rings. The Morgan fingerprint density at radius 1 is 0.704 bits per heavy atom. The Morgan fingerprint density at radius 2 is 1.44 bits per heavy atom. The van der Waals surface area contributed by atoms with Gasteiger partial charge in [-0.05, 0) is 65.8 Å². The van der Waals surface area contributed by atoms with E-state index in [1.54, 1.807) is 0 Å².